The number of halogens is 3. The number of aliphatic carboxylic acids is 1. The van der Waals surface area contributed by atoms with Gasteiger partial charge in [-0.15, -0.1) is 0 Å². The van der Waals surface area contributed by atoms with Gasteiger partial charge < -0.3 is 15.2 Å². The van der Waals surface area contributed by atoms with E-state index in [1.807, 2.05) is 12.1 Å². The fourth-order valence-electron chi connectivity index (χ4n) is 3.47. The number of hydrogen-bond acceptors (Lipinski definition) is 5. The normalized spacial score (nSPS) is 22.5. The van der Waals surface area contributed by atoms with Gasteiger partial charge in [0.1, 0.15) is 0 Å². The van der Waals surface area contributed by atoms with Crippen LogP contribution in [0.25, 0.3) is 0 Å². The Labute approximate surface area is 168 Å². The van der Waals surface area contributed by atoms with Crippen molar-refractivity contribution in [3.8, 4) is 0 Å². The molecule has 3 rings (SSSR count). The molecule has 0 spiro atoms. The topological polar surface area (TPSA) is 92.7 Å². The number of carbonyl (C=O) groups is 1. The van der Waals surface area contributed by atoms with Gasteiger partial charge in [-0.1, -0.05) is 12.1 Å². The van der Waals surface area contributed by atoms with E-state index in [-0.39, 0.29) is 0 Å². The molecule has 0 bridgehead atoms. The Morgan fingerprint density at radius 3 is 2.24 bits per heavy atom. The molecule has 6 nitrogen and oxygen atoms in total. The summed E-state index contributed by atoms with van der Waals surface area (Å²) < 4.78 is 60.4. The number of carboxylic acids is 1. The lowest BCUT2D eigenvalue weighted by atomic mass is 9.92. The minimum Gasteiger partial charge on any atom is -0.475 e. The van der Waals surface area contributed by atoms with E-state index in [0.29, 0.717) is 11.5 Å². The maximum Gasteiger partial charge on any atom is 0.490 e. The summed E-state index contributed by atoms with van der Waals surface area (Å²) in [6.45, 7) is 3.74. The van der Waals surface area contributed by atoms with Crippen LogP contribution in [0, 0.1) is 17.8 Å². The molecule has 1 saturated heterocycles. The summed E-state index contributed by atoms with van der Waals surface area (Å²) in [6.07, 6.45) is 0.0897. The summed E-state index contributed by atoms with van der Waals surface area (Å²) >= 11 is 0. The first kappa shape index (κ1) is 23.6. The van der Waals surface area contributed by atoms with E-state index < -0.39 is 22.0 Å². The smallest absolute Gasteiger partial charge is 0.475 e. The summed E-state index contributed by atoms with van der Waals surface area (Å²) in [4.78, 5) is 9.26. The zero-order valence-electron chi connectivity index (χ0n) is 16.1. The summed E-state index contributed by atoms with van der Waals surface area (Å²) in [5.41, 5.74) is 1.03. The van der Waals surface area contributed by atoms with Crippen molar-refractivity contribution in [1.82, 2.24) is 5.32 Å². The van der Waals surface area contributed by atoms with Crippen molar-refractivity contribution in [2.24, 2.45) is 17.8 Å². The van der Waals surface area contributed by atoms with E-state index in [2.05, 4.69) is 5.32 Å². The van der Waals surface area contributed by atoms with Crippen LogP contribution in [0.1, 0.15) is 24.8 Å². The van der Waals surface area contributed by atoms with Crippen molar-refractivity contribution < 1.29 is 36.2 Å². The van der Waals surface area contributed by atoms with Gasteiger partial charge in [0.25, 0.3) is 0 Å². The highest BCUT2D eigenvalue weighted by Crippen LogP contribution is 2.47. The molecular weight excluding hydrogens is 411 g/mol. The van der Waals surface area contributed by atoms with Gasteiger partial charge in [0.2, 0.25) is 0 Å². The van der Waals surface area contributed by atoms with Crippen LogP contribution in [0.4, 0.5) is 13.2 Å². The van der Waals surface area contributed by atoms with E-state index in [9.17, 15) is 21.6 Å². The molecule has 1 saturated carbocycles. The Bertz CT molecular complexity index is 774. The lowest BCUT2D eigenvalue weighted by Crippen LogP contribution is -2.29. The first-order valence-electron chi connectivity index (χ1n) is 9.36. The quantitative estimate of drug-likeness (QED) is 0.711. The molecule has 2 atom stereocenters. The van der Waals surface area contributed by atoms with Gasteiger partial charge in [0.05, 0.1) is 18.1 Å². The molecule has 1 heterocycles. The summed E-state index contributed by atoms with van der Waals surface area (Å²) in [6, 6.07) is 6.99. The van der Waals surface area contributed by atoms with Crippen molar-refractivity contribution in [2.45, 2.75) is 36.9 Å². The van der Waals surface area contributed by atoms with E-state index in [1.165, 1.54) is 38.6 Å². The molecule has 0 aromatic heterocycles. The van der Waals surface area contributed by atoms with Crippen LogP contribution in [-0.4, -0.2) is 51.6 Å². The highest BCUT2D eigenvalue weighted by molar-refractivity contribution is 7.90. The third-order valence-corrected chi connectivity index (χ3v) is 6.29. The first-order chi connectivity index (χ1) is 13.5. The Morgan fingerprint density at radius 2 is 1.76 bits per heavy atom. The van der Waals surface area contributed by atoms with Gasteiger partial charge in [0.15, 0.2) is 9.84 Å². The summed E-state index contributed by atoms with van der Waals surface area (Å²) in [5.74, 6) is -0.260. The third kappa shape index (κ3) is 7.94. The van der Waals surface area contributed by atoms with Crippen LogP contribution in [0.3, 0.4) is 0 Å². The number of ether oxygens (including phenoxy) is 1. The lowest BCUT2D eigenvalue weighted by Gasteiger charge is -2.22. The van der Waals surface area contributed by atoms with E-state index in [1.54, 1.807) is 12.1 Å². The summed E-state index contributed by atoms with van der Waals surface area (Å²) in [5, 5.41) is 10.5. The van der Waals surface area contributed by atoms with E-state index >= 15 is 0 Å². The van der Waals surface area contributed by atoms with Crippen molar-refractivity contribution in [2.75, 3.05) is 26.0 Å². The molecule has 1 aromatic carbocycles. The molecule has 1 aromatic rings. The molecule has 2 aliphatic rings. The number of piperidine rings is 1. The number of carboxylic acid groups (broad SMARTS) is 1. The molecule has 1 aliphatic heterocycles. The largest absolute Gasteiger partial charge is 0.490 e. The fraction of sp³-hybridized carbons (Fsp3) is 0.632. The van der Waals surface area contributed by atoms with Gasteiger partial charge >= 0.3 is 12.1 Å². The third-order valence-electron chi connectivity index (χ3n) is 5.16. The maximum atomic E-state index is 11.4. The molecule has 0 unspecified atom stereocenters. The average Bonchev–Trinajstić information content (AvgIpc) is 3.41. The molecule has 0 radical (unpaired) electrons. The fourth-order valence-corrected chi connectivity index (χ4v) is 4.10. The lowest BCUT2D eigenvalue weighted by molar-refractivity contribution is -0.192. The predicted molar refractivity (Wildman–Crippen MR) is 100 cm³/mol. The molecule has 0 amide bonds. The monoisotopic (exact) mass is 437 g/mol. The molecule has 1 aliphatic carbocycles. The minimum absolute atomic E-state index is 0.365. The predicted octanol–water partition coefficient (Wildman–Crippen LogP) is 2.88. The minimum atomic E-state index is -5.08. The van der Waals surface area contributed by atoms with Crippen LogP contribution >= 0.6 is 0 Å². The summed E-state index contributed by atoms with van der Waals surface area (Å²) in [7, 11) is -3.11. The average molecular weight is 437 g/mol. The highest BCUT2D eigenvalue weighted by atomic mass is 32.2. The second-order valence-corrected chi connectivity index (χ2v) is 9.50. The van der Waals surface area contributed by atoms with Crippen molar-refractivity contribution in [3.63, 3.8) is 0 Å². The number of hydrogen-bond donors (Lipinski definition) is 2. The van der Waals surface area contributed by atoms with Gasteiger partial charge in [-0.2, -0.15) is 13.2 Å². The maximum absolute atomic E-state index is 11.4. The van der Waals surface area contributed by atoms with Crippen LogP contribution in [-0.2, 0) is 26.0 Å². The zero-order valence-corrected chi connectivity index (χ0v) is 16.9. The van der Waals surface area contributed by atoms with E-state index in [0.717, 1.165) is 29.9 Å². The van der Waals surface area contributed by atoms with E-state index in [4.69, 9.17) is 14.6 Å². The molecule has 164 valence electrons. The number of benzene rings is 1. The van der Waals surface area contributed by atoms with Crippen LogP contribution in [0.15, 0.2) is 29.2 Å². The molecule has 2 fully saturated rings. The number of sulfone groups is 1. The van der Waals surface area contributed by atoms with Crippen molar-refractivity contribution in [1.29, 1.82) is 0 Å². The Balaban J connectivity index is 0.000000370. The molecule has 10 heteroatoms. The van der Waals surface area contributed by atoms with Crippen LogP contribution < -0.4 is 5.32 Å². The van der Waals surface area contributed by atoms with Crippen molar-refractivity contribution in [3.05, 3.63) is 29.8 Å². The van der Waals surface area contributed by atoms with Gasteiger partial charge in [-0.3, -0.25) is 0 Å². The standard InChI is InChI=1S/C17H25NO3S.C2HF3O2/c1-22(19,20)16-4-2-13(3-5-16)11-21-12-15-10-17(15)14-6-8-18-9-7-14;3-2(4,5)1(6)7/h2-5,14-15,17-18H,6-12H2,1H3;(H,6,7)/t15-,17+;/m0./s1. The first-order valence-corrected chi connectivity index (χ1v) is 11.2. The van der Waals surface area contributed by atoms with Crippen LogP contribution in [0.2, 0.25) is 0 Å². The molecule has 2 N–H and O–H groups in total. The number of alkyl halides is 3. The number of nitrogens with one attached hydrogen (secondary N) is 1. The van der Waals surface area contributed by atoms with Crippen molar-refractivity contribution >= 4 is 15.8 Å². The van der Waals surface area contributed by atoms with Crippen LogP contribution in [0.5, 0.6) is 0 Å². The zero-order chi connectivity index (χ0) is 21.7. The second-order valence-electron chi connectivity index (χ2n) is 7.48. The van der Waals surface area contributed by atoms with Gasteiger partial charge in [-0.25, -0.2) is 13.2 Å². The Morgan fingerprint density at radius 1 is 1.21 bits per heavy atom. The Hall–Kier alpha value is -1.65. The highest BCUT2D eigenvalue weighted by Gasteiger charge is 2.42. The second kappa shape index (κ2) is 9.90. The number of rotatable bonds is 6. The van der Waals surface area contributed by atoms with Gasteiger partial charge in [0, 0.05) is 6.26 Å². The Kier molecular flexibility index (Phi) is 8.07. The molecule has 29 heavy (non-hydrogen) atoms. The van der Waals surface area contributed by atoms with Gasteiger partial charge in [-0.05, 0) is 67.8 Å². The SMILES string of the molecule is CS(=O)(=O)c1ccc(COC[C@@H]2C[C@@H]2C2CCNCC2)cc1.O=C(O)C(F)(F)F. The molecular formula is C19H26F3NO5S.